The Hall–Kier alpha value is -0.830. The van der Waals surface area contributed by atoms with E-state index in [1.165, 1.54) is 24.1 Å². The molecule has 3 nitrogen and oxygen atoms in total. The summed E-state index contributed by atoms with van der Waals surface area (Å²) >= 11 is 6.04. The van der Waals surface area contributed by atoms with Gasteiger partial charge in [0, 0.05) is 22.7 Å². The Morgan fingerprint density at radius 1 is 1.35 bits per heavy atom. The Balaban J connectivity index is 2.27. The van der Waals surface area contributed by atoms with Gasteiger partial charge in [0.25, 0.3) is 0 Å². The lowest BCUT2D eigenvalue weighted by atomic mass is 9.95. The molecule has 0 saturated carbocycles. The molecule has 0 spiro atoms. The number of hydrogen-bond acceptors (Lipinski definition) is 3. The molecule has 1 atom stereocenters. The lowest BCUT2D eigenvalue weighted by molar-refractivity contribution is 0.547. The van der Waals surface area contributed by atoms with Crippen molar-refractivity contribution in [3.8, 4) is 0 Å². The first kappa shape index (κ1) is 12.6. The number of nitrogens with one attached hydrogen (secondary N) is 1. The zero-order valence-corrected chi connectivity index (χ0v) is 11.3. The van der Waals surface area contributed by atoms with E-state index >= 15 is 0 Å². The van der Waals surface area contributed by atoms with Crippen LogP contribution in [0.1, 0.15) is 44.4 Å². The monoisotopic (exact) mass is 253 g/mol. The molecule has 0 aliphatic heterocycles. The summed E-state index contributed by atoms with van der Waals surface area (Å²) < 4.78 is 0. The van der Waals surface area contributed by atoms with Crippen molar-refractivity contribution in [2.45, 2.75) is 51.5 Å². The number of halogens is 1. The predicted octanol–water partition coefficient (Wildman–Crippen LogP) is 3.17. The molecule has 17 heavy (non-hydrogen) atoms. The molecule has 0 aromatic carbocycles. The van der Waals surface area contributed by atoms with Crippen molar-refractivity contribution in [3.63, 3.8) is 0 Å². The van der Waals surface area contributed by atoms with Gasteiger partial charge in [0.15, 0.2) is 0 Å². The van der Waals surface area contributed by atoms with Gasteiger partial charge in [0.1, 0.15) is 12.1 Å². The largest absolute Gasteiger partial charge is 0.363 e. The van der Waals surface area contributed by atoms with E-state index in [0.717, 1.165) is 25.1 Å². The van der Waals surface area contributed by atoms with Crippen molar-refractivity contribution < 1.29 is 0 Å². The maximum Gasteiger partial charge on any atom is 0.133 e. The molecule has 0 radical (unpaired) electrons. The van der Waals surface area contributed by atoms with Crippen LogP contribution in [0.25, 0.3) is 0 Å². The van der Waals surface area contributed by atoms with Crippen LogP contribution in [0.5, 0.6) is 0 Å². The standard InChI is InChI=1S/C13H20ClN3/c1-3-13(2,8-14)17-12-10-6-4-5-7-11(10)15-9-16-12/h9H,3-8H2,1-2H3,(H,15,16,17). The first-order valence-electron chi connectivity index (χ1n) is 6.35. The van der Waals surface area contributed by atoms with E-state index in [1.807, 2.05) is 0 Å². The maximum atomic E-state index is 6.04. The van der Waals surface area contributed by atoms with Gasteiger partial charge in [-0.2, -0.15) is 0 Å². The lowest BCUT2D eigenvalue weighted by Crippen LogP contribution is -2.37. The molecule has 0 amide bonds. The number of aromatic nitrogens is 2. The van der Waals surface area contributed by atoms with Gasteiger partial charge < -0.3 is 5.32 Å². The van der Waals surface area contributed by atoms with Crippen LogP contribution >= 0.6 is 11.6 Å². The van der Waals surface area contributed by atoms with Crippen molar-refractivity contribution in [3.05, 3.63) is 17.6 Å². The summed E-state index contributed by atoms with van der Waals surface area (Å²) in [6.07, 6.45) is 7.28. The van der Waals surface area contributed by atoms with E-state index in [0.29, 0.717) is 5.88 Å². The summed E-state index contributed by atoms with van der Waals surface area (Å²) in [5, 5.41) is 3.50. The summed E-state index contributed by atoms with van der Waals surface area (Å²) in [6, 6.07) is 0. The van der Waals surface area contributed by atoms with Crippen molar-refractivity contribution in [2.75, 3.05) is 11.2 Å². The van der Waals surface area contributed by atoms with E-state index in [1.54, 1.807) is 6.33 Å². The molecule has 1 aliphatic rings. The van der Waals surface area contributed by atoms with Crippen molar-refractivity contribution in [1.29, 1.82) is 0 Å². The molecule has 2 rings (SSSR count). The highest BCUT2D eigenvalue weighted by Crippen LogP contribution is 2.27. The Morgan fingerprint density at radius 3 is 2.82 bits per heavy atom. The first-order chi connectivity index (χ1) is 8.18. The number of anilines is 1. The molecule has 1 N–H and O–H groups in total. The second-order valence-electron chi connectivity index (χ2n) is 5.03. The maximum absolute atomic E-state index is 6.04. The van der Waals surface area contributed by atoms with E-state index in [2.05, 4.69) is 29.1 Å². The second kappa shape index (κ2) is 5.21. The van der Waals surface area contributed by atoms with E-state index in [4.69, 9.17) is 11.6 Å². The fourth-order valence-electron chi connectivity index (χ4n) is 2.13. The minimum absolute atomic E-state index is 0.0822. The topological polar surface area (TPSA) is 37.8 Å². The van der Waals surface area contributed by atoms with Crippen LogP contribution in [0.2, 0.25) is 0 Å². The molecular formula is C13H20ClN3. The quantitative estimate of drug-likeness (QED) is 0.838. The van der Waals surface area contributed by atoms with Crippen molar-refractivity contribution >= 4 is 17.4 Å². The van der Waals surface area contributed by atoms with Gasteiger partial charge in [-0.25, -0.2) is 9.97 Å². The number of rotatable bonds is 4. The summed E-state index contributed by atoms with van der Waals surface area (Å²) in [6.45, 7) is 4.28. The van der Waals surface area contributed by atoms with Crippen LogP contribution in [0.3, 0.4) is 0 Å². The third-order valence-corrected chi connectivity index (χ3v) is 4.21. The number of nitrogens with zero attached hydrogens (tertiary/aromatic N) is 2. The predicted molar refractivity (Wildman–Crippen MR) is 71.7 cm³/mol. The van der Waals surface area contributed by atoms with Crippen LogP contribution in [0, 0.1) is 0 Å². The van der Waals surface area contributed by atoms with Gasteiger partial charge in [-0.1, -0.05) is 6.92 Å². The molecule has 0 saturated heterocycles. The summed E-state index contributed by atoms with van der Waals surface area (Å²) in [5.41, 5.74) is 2.42. The van der Waals surface area contributed by atoms with Crippen LogP contribution in [0.15, 0.2) is 6.33 Å². The zero-order valence-electron chi connectivity index (χ0n) is 10.6. The van der Waals surface area contributed by atoms with Crippen LogP contribution in [0.4, 0.5) is 5.82 Å². The Kier molecular flexibility index (Phi) is 3.87. The summed E-state index contributed by atoms with van der Waals surface area (Å²) in [5.74, 6) is 1.57. The van der Waals surface area contributed by atoms with Gasteiger partial charge in [0.2, 0.25) is 0 Å². The molecule has 94 valence electrons. The van der Waals surface area contributed by atoms with Crippen LogP contribution in [-0.4, -0.2) is 21.4 Å². The highest BCUT2D eigenvalue weighted by atomic mass is 35.5. The average Bonchev–Trinajstić information content (AvgIpc) is 2.39. The van der Waals surface area contributed by atoms with E-state index < -0.39 is 0 Å². The fourth-order valence-corrected chi connectivity index (χ4v) is 2.39. The first-order valence-corrected chi connectivity index (χ1v) is 6.89. The van der Waals surface area contributed by atoms with Gasteiger partial charge in [-0.05, 0) is 39.0 Å². The molecular weight excluding hydrogens is 234 g/mol. The van der Waals surface area contributed by atoms with Crippen LogP contribution in [-0.2, 0) is 12.8 Å². The van der Waals surface area contributed by atoms with Crippen molar-refractivity contribution in [2.24, 2.45) is 0 Å². The van der Waals surface area contributed by atoms with E-state index in [9.17, 15) is 0 Å². The minimum atomic E-state index is -0.0822. The van der Waals surface area contributed by atoms with E-state index in [-0.39, 0.29) is 5.54 Å². The van der Waals surface area contributed by atoms with Crippen LogP contribution < -0.4 is 5.32 Å². The summed E-state index contributed by atoms with van der Waals surface area (Å²) in [7, 11) is 0. The molecule has 1 unspecified atom stereocenters. The smallest absolute Gasteiger partial charge is 0.133 e. The van der Waals surface area contributed by atoms with Gasteiger partial charge in [-0.3, -0.25) is 0 Å². The second-order valence-corrected chi connectivity index (χ2v) is 5.29. The molecule has 1 heterocycles. The number of aryl methyl sites for hydroxylation is 1. The third kappa shape index (κ3) is 2.71. The number of hydrogen-bond donors (Lipinski definition) is 1. The zero-order chi connectivity index (χ0) is 12.3. The number of alkyl halides is 1. The van der Waals surface area contributed by atoms with Gasteiger partial charge in [-0.15, -0.1) is 11.6 Å². The molecule has 0 bridgehead atoms. The molecule has 1 aromatic heterocycles. The Bertz CT molecular complexity index is 388. The third-order valence-electron chi connectivity index (χ3n) is 3.62. The Morgan fingerprint density at radius 2 is 2.12 bits per heavy atom. The fraction of sp³-hybridized carbons (Fsp3) is 0.692. The minimum Gasteiger partial charge on any atom is -0.363 e. The van der Waals surface area contributed by atoms with Crippen molar-refractivity contribution in [1.82, 2.24) is 9.97 Å². The number of fused-ring (bicyclic) bond motifs is 1. The molecule has 1 aromatic rings. The summed E-state index contributed by atoms with van der Waals surface area (Å²) in [4.78, 5) is 8.77. The van der Waals surface area contributed by atoms with Gasteiger partial charge >= 0.3 is 0 Å². The highest BCUT2D eigenvalue weighted by molar-refractivity contribution is 6.18. The Labute approximate surface area is 108 Å². The molecule has 4 heteroatoms. The molecule has 0 fully saturated rings. The lowest BCUT2D eigenvalue weighted by Gasteiger charge is -2.30. The normalized spacial score (nSPS) is 18.3. The molecule has 1 aliphatic carbocycles. The average molecular weight is 254 g/mol. The van der Waals surface area contributed by atoms with Gasteiger partial charge in [0.05, 0.1) is 0 Å². The SMILES string of the molecule is CCC(C)(CCl)Nc1ncnc2c1CCCC2. The highest BCUT2D eigenvalue weighted by Gasteiger charge is 2.24.